The van der Waals surface area contributed by atoms with Crippen molar-refractivity contribution >= 4 is 59.8 Å². The van der Waals surface area contributed by atoms with Crippen molar-refractivity contribution in [1.82, 2.24) is 4.57 Å². The lowest BCUT2D eigenvalue weighted by Gasteiger charge is -2.29. The monoisotopic (exact) mass is 561 g/mol. The van der Waals surface area contributed by atoms with Gasteiger partial charge in [0.1, 0.15) is 0 Å². The van der Waals surface area contributed by atoms with Crippen molar-refractivity contribution in [3.8, 4) is 11.1 Å². The molecule has 208 valence electrons. The Hall–Kier alpha value is -5.40. The summed E-state index contributed by atoms with van der Waals surface area (Å²) >= 11 is 0. The molecule has 1 atom stereocenters. The van der Waals surface area contributed by atoms with Crippen molar-refractivity contribution in [2.24, 2.45) is 0 Å². The summed E-state index contributed by atoms with van der Waals surface area (Å²) in [5.41, 5.74) is 7.52. The minimum atomic E-state index is -0.0853. The highest BCUT2D eigenvalue weighted by atomic mass is 15.0. The van der Waals surface area contributed by atoms with Gasteiger partial charge < -0.3 is 4.57 Å². The van der Waals surface area contributed by atoms with Gasteiger partial charge in [-0.25, -0.2) is 0 Å². The fraction of sp³-hybridized carbons (Fsp3) is 0.0698. The van der Waals surface area contributed by atoms with Gasteiger partial charge in [0, 0.05) is 21.9 Å². The van der Waals surface area contributed by atoms with Crippen LogP contribution in [0.5, 0.6) is 0 Å². The van der Waals surface area contributed by atoms with Gasteiger partial charge in [-0.15, -0.1) is 0 Å². The molecule has 0 aliphatic heterocycles. The van der Waals surface area contributed by atoms with Crippen molar-refractivity contribution in [1.29, 1.82) is 0 Å². The third kappa shape index (κ3) is 3.72. The van der Waals surface area contributed by atoms with Crippen LogP contribution in [0.1, 0.15) is 18.9 Å². The van der Waals surface area contributed by atoms with E-state index in [1.807, 2.05) is 0 Å². The minimum Gasteiger partial charge on any atom is -0.310 e. The highest BCUT2D eigenvalue weighted by Crippen LogP contribution is 2.41. The van der Waals surface area contributed by atoms with Gasteiger partial charge in [-0.3, -0.25) is 0 Å². The molecule has 0 saturated carbocycles. The Bertz CT molecular complexity index is 2400. The van der Waals surface area contributed by atoms with E-state index in [0.29, 0.717) is 0 Å². The van der Waals surface area contributed by atoms with Crippen LogP contribution in [0.25, 0.3) is 70.9 Å². The second kappa shape index (κ2) is 9.56. The van der Waals surface area contributed by atoms with E-state index in [1.54, 1.807) is 0 Å². The maximum Gasteiger partial charge on any atom is 0.0540 e. The molecule has 0 radical (unpaired) electrons. The average Bonchev–Trinajstić information content (AvgIpc) is 3.43. The second-order valence-electron chi connectivity index (χ2n) is 12.4. The van der Waals surface area contributed by atoms with Crippen LogP contribution >= 0.6 is 0 Å². The number of nitrogens with zero attached hydrogens (tertiary/aromatic N) is 1. The van der Waals surface area contributed by atoms with Gasteiger partial charge >= 0.3 is 0 Å². The van der Waals surface area contributed by atoms with E-state index in [1.165, 1.54) is 76.5 Å². The third-order valence-corrected chi connectivity index (χ3v) is 9.80. The first-order chi connectivity index (χ1) is 21.7. The maximum atomic E-state index is 2.42. The zero-order valence-electron chi connectivity index (χ0n) is 24.7. The van der Waals surface area contributed by atoms with Crippen LogP contribution in [0.4, 0.5) is 0 Å². The van der Waals surface area contributed by atoms with Gasteiger partial charge in [0.15, 0.2) is 0 Å². The molecule has 1 heteroatoms. The van der Waals surface area contributed by atoms with Crippen LogP contribution in [0.15, 0.2) is 158 Å². The molecule has 9 rings (SSSR count). The number of aromatic nitrogens is 1. The van der Waals surface area contributed by atoms with Gasteiger partial charge in [-0.1, -0.05) is 140 Å². The summed E-state index contributed by atoms with van der Waals surface area (Å²) in [5.74, 6) is 0. The molecule has 1 aliphatic carbocycles. The molecule has 8 aromatic rings. The number of fused-ring (bicyclic) bond motifs is 9. The molecule has 7 aromatic carbocycles. The number of hydrogen-bond donors (Lipinski definition) is 0. The predicted octanol–water partition coefficient (Wildman–Crippen LogP) is 11.7. The summed E-state index contributed by atoms with van der Waals surface area (Å²) < 4.78 is 2.42. The van der Waals surface area contributed by atoms with Crippen LogP contribution in [0.3, 0.4) is 0 Å². The first-order valence-corrected chi connectivity index (χ1v) is 15.5. The Morgan fingerprint density at radius 1 is 0.477 bits per heavy atom. The number of hydrogen-bond acceptors (Lipinski definition) is 0. The molecule has 0 bridgehead atoms. The lowest BCUT2D eigenvalue weighted by Crippen LogP contribution is -2.20. The van der Waals surface area contributed by atoms with Crippen LogP contribution in [0.2, 0.25) is 0 Å². The summed E-state index contributed by atoms with van der Waals surface area (Å²) in [4.78, 5) is 0. The molecule has 0 saturated heterocycles. The topological polar surface area (TPSA) is 4.93 Å². The van der Waals surface area contributed by atoms with Crippen molar-refractivity contribution in [3.05, 3.63) is 163 Å². The lowest BCUT2D eigenvalue weighted by atomic mass is 9.76. The van der Waals surface area contributed by atoms with Crippen LogP contribution < -0.4 is 0 Å². The van der Waals surface area contributed by atoms with Crippen LogP contribution in [-0.4, -0.2) is 4.57 Å². The third-order valence-electron chi connectivity index (χ3n) is 9.80. The Morgan fingerprint density at radius 2 is 1.00 bits per heavy atom. The SMILES string of the molecule is CC1(c2cccc(-c3ccc4c5ccccc5c5ccccc5c4c3)c2)C=CC(n2c3ccccc3c3ccccc32)=CC1. The molecule has 0 fully saturated rings. The Balaban J connectivity index is 1.11. The molecule has 1 aliphatic rings. The fourth-order valence-electron chi connectivity index (χ4n) is 7.44. The fourth-order valence-corrected chi connectivity index (χ4v) is 7.44. The van der Waals surface area contributed by atoms with Crippen molar-refractivity contribution in [3.63, 3.8) is 0 Å². The van der Waals surface area contributed by atoms with Crippen LogP contribution in [0, 0.1) is 0 Å². The number of para-hydroxylation sites is 2. The summed E-state index contributed by atoms with van der Waals surface area (Å²) in [6, 6.07) is 51.2. The maximum absolute atomic E-state index is 2.42. The average molecular weight is 562 g/mol. The van der Waals surface area contributed by atoms with E-state index < -0.39 is 0 Å². The molecule has 1 nitrogen and oxygen atoms in total. The van der Waals surface area contributed by atoms with Crippen molar-refractivity contribution in [2.75, 3.05) is 0 Å². The molecule has 0 amide bonds. The van der Waals surface area contributed by atoms with Gasteiger partial charge in [0.25, 0.3) is 0 Å². The summed E-state index contributed by atoms with van der Waals surface area (Å²) in [6.45, 7) is 2.36. The molecule has 0 spiro atoms. The van der Waals surface area contributed by atoms with E-state index in [-0.39, 0.29) is 5.41 Å². The summed E-state index contributed by atoms with van der Waals surface area (Å²) in [5, 5.41) is 10.5. The molecule has 0 N–H and O–H groups in total. The molecular formula is C43H31N. The first kappa shape index (κ1) is 25.1. The molecule has 1 heterocycles. The van der Waals surface area contributed by atoms with E-state index in [9.17, 15) is 0 Å². The van der Waals surface area contributed by atoms with Gasteiger partial charge in [-0.2, -0.15) is 0 Å². The standard InChI is InChI=1S/C43H31N/c1-43(25-23-32(24-26-43)44-41-19-8-6-17-38(41)39-18-7-9-20-42(39)44)31-12-10-11-29(27-31)30-21-22-37-35-15-3-2-13-33(35)34-14-4-5-16-36(34)40(37)28-30/h2-25,27-28H,26H2,1H3. The normalized spacial score (nSPS) is 16.8. The predicted molar refractivity (Wildman–Crippen MR) is 189 cm³/mol. The van der Waals surface area contributed by atoms with Crippen molar-refractivity contribution < 1.29 is 0 Å². The van der Waals surface area contributed by atoms with Crippen LogP contribution in [-0.2, 0) is 5.41 Å². The van der Waals surface area contributed by atoms with Crippen molar-refractivity contribution in [2.45, 2.75) is 18.8 Å². The van der Waals surface area contributed by atoms with Gasteiger partial charge in [0.2, 0.25) is 0 Å². The zero-order valence-corrected chi connectivity index (χ0v) is 24.7. The Morgan fingerprint density at radius 3 is 1.59 bits per heavy atom. The molecule has 1 aromatic heterocycles. The van der Waals surface area contributed by atoms with Gasteiger partial charge in [0.05, 0.1) is 11.0 Å². The smallest absolute Gasteiger partial charge is 0.0540 e. The summed E-state index contributed by atoms with van der Waals surface area (Å²) in [7, 11) is 0. The van der Waals surface area contributed by atoms with E-state index in [0.717, 1.165) is 6.42 Å². The Kier molecular flexibility index (Phi) is 5.46. The van der Waals surface area contributed by atoms with E-state index >= 15 is 0 Å². The Labute approximate surface area is 257 Å². The van der Waals surface area contributed by atoms with E-state index in [4.69, 9.17) is 0 Å². The number of allylic oxidation sites excluding steroid dienone is 4. The quantitative estimate of drug-likeness (QED) is 0.189. The summed E-state index contributed by atoms with van der Waals surface area (Å²) in [6.07, 6.45) is 8.09. The lowest BCUT2D eigenvalue weighted by molar-refractivity contribution is 0.600. The first-order valence-electron chi connectivity index (χ1n) is 15.5. The van der Waals surface area contributed by atoms with Gasteiger partial charge in [-0.05, 0) is 79.7 Å². The number of rotatable bonds is 3. The second-order valence-corrected chi connectivity index (χ2v) is 12.4. The largest absolute Gasteiger partial charge is 0.310 e. The highest BCUT2D eigenvalue weighted by molar-refractivity contribution is 6.25. The minimum absolute atomic E-state index is 0.0853. The molecule has 1 unspecified atom stereocenters. The number of benzene rings is 7. The molecular weight excluding hydrogens is 530 g/mol. The highest BCUT2D eigenvalue weighted by Gasteiger charge is 2.26. The molecule has 44 heavy (non-hydrogen) atoms. The zero-order chi connectivity index (χ0) is 29.3. The van der Waals surface area contributed by atoms with E-state index in [2.05, 4.69) is 169 Å².